The van der Waals surface area contributed by atoms with Crippen LogP contribution in [0.25, 0.3) is 22.3 Å². The summed E-state index contributed by atoms with van der Waals surface area (Å²) in [5, 5.41) is 1.09. The molecule has 2 heterocycles. The van der Waals surface area contributed by atoms with Crippen molar-refractivity contribution in [3.8, 4) is 17.1 Å². The van der Waals surface area contributed by atoms with Crippen LogP contribution in [0.1, 0.15) is 12.8 Å². The molecule has 0 N–H and O–H groups in total. The summed E-state index contributed by atoms with van der Waals surface area (Å²) in [5.74, 6) is 2.52. The minimum absolute atomic E-state index is 0.712. The molecule has 2 aromatic carbocycles. The van der Waals surface area contributed by atoms with Gasteiger partial charge in [-0.2, -0.15) is 0 Å². The second-order valence-electron chi connectivity index (χ2n) is 5.93. The summed E-state index contributed by atoms with van der Waals surface area (Å²) in [7, 11) is 1.68. The summed E-state index contributed by atoms with van der Waals surface area (Å²) >= 11 is 3.57. The van der Waals surface area contributed by atoms with Crippen LogP contribution in [0.4, 0.5) is 5.82 Å². The molecule has 4 nitrogen and oxygen atoms in total. The van der Waals surface area contributed by atoms with E-state index in [0.717, 1.165) is 45.6 Å². The topological polar surface area (TPSA) is 38.2 Å². The highest BCUT2D eigenvalue weighted by molar-refractivity contribution is 9.10. The average Bonchev–Trinajstić information content (AvgIpc) is 3.15. The molecule has 0 saturated carbocycles. The van der Waals surface area contributed by atoms with Crippen LogP contribution >= 0.6 is 15.9 Å². The molecule has 24 heavy (non-hydrogen) atoms. The summed E-state index contributed by atoms with van der Waals surface area (Å²) in [6.45, 7) is 2.09. The number of anilines is 1. The van der Waals surface area contributed by atoms with Gasteiger partial charge in [0.1, 0.15) is 11.6 Å². The molecule has 1 saturated heterocycles. The van der Waals surface area contributed by atoms with E-state index in [4.69, 9.17) is 14.7 Å². The third kappa shape index (κ3) is 2.73. The molecule has 5 heteroatoms. The second-order valence-corrected chi connectivity index (χ2v) is 6.84. The van der Waals surface area contributed by atoms with Crippen LogP contribution in [0.3, 0.4) is 0 Å². The Bertz CT molecular complexity index is 891. The summed E-state index contributed by atoms with van der Waals surface area (Å²) in [6.07, 6.45) is 2.42. The van der Waals surface area contributed by atoms with Crippen LogP contribution in [0.2, 0.25) is 0 Å². The summed E-state index contributed by atoms with van der Waals surface area (Å²) < 4.78 is 6.54. The van der Waals surface area contributed by atoms with Gasteiger partial charge >= 0.3 is 0 Å². The van der Waals surface area contributed by atoms with Gasteiger partial charge in [0.05, 0.1) is 18.2 Å². The lowest BCUT2D eigenvalue weighted by Crippen LogP contribution is -2.20. The molecule has 0 radical (unpaired) electrons. The van der Waals surface area contributed by atoms with Crippen LogP contribution in [0, 0.1) is 0 Å². The summed E-state index contributed by atoms with van der Waals surface area (Å²) in [6, 6.07) is 14.1. The molecule has 0 amide bonds. The Hall–Kier alpha value is -2.14. The zero-order chi connectivity index (χ0) is 16.5. The van der Waals surface area contributed by atoms with Crippen molar-refractivity contribution >= 4 is 32.7 Å². The Morgan fingerprint density at radius 3 is 2.62 bits per heavy atom. The monoisotopic (exact) mass is 383 g/mol. The molecular formula is C19H18BrN3O. The van der Waals surface area contributed by atoms with Crippen molar-refractivity contribution in [2.75, 3.05) is 25.1 Å². The molecule has 0 unspecified atom stereocenters. The van der Waals surface area contributed by atoms with Gasteiger partial charge in [0.15, 0.2) is 5.82 Å². The number of hydrogen-bond acceptors (Lipinski definition) is 4. The van der Waals surface area contributed by atoms with Crippen LogP contribution in [-0.2, 0) is 0 Å². The fourth-order valence-electron chi connectivity index (χ4n) is 3.20. The molecule has 0 bridgehead atoms. The van der Waals surface area contributed by atoms with Gasteiger partial charge in [-0.15, -0.1) is 0 Å². The summed E-state index contributed by atoms with van der Waals surface area (Å²) in [5.41, 5.74) is 1.88. The van der Waals surface area contributed by atoms with E-state index >= 15 is 0 Å². The first kappa shape index (κ1) is 15.4. The number of rotatable bonds is 3. The number of benzene rings is 2. The molecule has 1 aliphatic heterocycles. The zero-order valence-electron chi connectivity index (χ0n) is 13.5. The molecule has 0 aliphatic carbocycles. The SMILES string of the molecule is COc1ccccc1-c1nc(N2CCCC2)c2cc(Br)ccc2n1. The maximum absolute atomic E-state index is 5.50. The number of fused-ring (bicyclic) bond motifs is 1. The van der Waals surface area contributed by atoms with E-state index in [1.54, 1.807) is 7.11 Å². The van der Waals surface area contributed by atoms with Crippen molar-refractivity contribution in [2.24, 2.45) is 0 Å². The molecular weight excluding hydrogens is 366 g/mol. The third-order valence-corrected chi connectivity index (χ3v) is 4.88. The van der Waals surface area contributed by atoms with Crippen molar-refractivity contribution in [2.45, 2.75) is 12.8 Å². The van der Waals surface area contributed by atoms with Gasteiger partial charge in [0, 0.05) is 22.9 Å². The van der Waals surface area contributed by atoms with Crippen LogP contribution in [0.5, 0.6) is 5.75 Å². The van der Waals surface area contributed by atoms with E-state index in [-0.39, 0.29) is 0 Å². The standard InChI is InChI=1S/C19H18BrN3O/c1-24-17-7-3-2-6-14(17)18-21-16-9-8-13(20)12-15(16)19(22-18)23-10-4-5-11-23/h2-3,6-9,12H,4-5,10-11H2,1H3. The molecule has 1 aliphatic rings. The minimum atomic E-state index is 0.712. The van der Waals surface area contributed by atoms with Crippen LogP contribution in [-0.4, -0.2) is 30.2 Å². The van der Waals surface area contributed by atoms with E-state index in [2.05, 4.69) is 26.9 Å². The van der Waals surface area contributed by atoms with Gasteiger partial charge in [-0.1, -0.05) is 28.1 Å². The fraction of sp³-hybridized carbons (Fsp3) is 0.263. The predicted octanol–water partition coefficient (Wildman–Crippen LogP) is 4.67. The van der Waals surface area contributed by atoms with E-state index in [9.17, 15) is 0 Å². The van der Waals surface area contributed by atoms with Crippen molar-refractivity contribution < 1.29 is 4.74 Å². The summed E-state index contributed by atoms with van der Waals surface area (Å²) in [4.78, 5) is 12.1. The van der Waals surface area contributed by atoms with Crippen molar-refractivity contribution in [1.82, 2.24) is 9.97 Å². The number of ether oxygens (including phenoxy) is 1. The highest BCUT2D eigenvalue weighted by Crippen LogP contribution is 2.34. The Morgan fingerprint density at radius 1 is 1.04 bits per heavy atom. The Balaban J connectivity index is 1.95. The van der Waals surface area contributed by atoms with E-state index in [1.807, 2.05) is 36.4 Å². The lowest BCUT2D eigenvalue weighted by molar-refractivity contribution is 0.416. The first-order valence-electron chi connectivity index (χ1n) is 8.12. The molecule has 0 spiro atoms. The van der Waals surface area contributed by atoms with E-state index in [0.29, 0.717) is 5.82 Å². The van der Waals surface area contributed by atoms with Gasteiger partial charge in [0.25, 0.3) is 0 Å². The number of nitrogens with zero attached hydrogens (tertiary/aromatic N) is 3. The average molecular weight is 384 g/mol. The Morgan fingerprint density at radius 2 is 1.83 bits per heavy atom. The van der Waals surface area contributed by atoms with Crippen molar-refractivity contribution in [1.29, 1.82) is 0 Å². The smallest absolute Gasteiger partial charge is 0.165 e. The quantitative estimate of drug-likeness (QED) is 0.658. The molecule has 4 rings (SSSR count). The zero-order valence-corrected chi connectivity index (χ0v) is 15.1. The van der Waals surface area contributed by atoms with Gasteiger partial charge in [-0.3, -0.25) is 0 Å². The fourth-order valence-corrected chi connectivity index (χ4v) is 3.57. The molecule has 122 valence electrons. The largest absolute Gasteiger partial charge is 0.496 e. The van der Waals surface area contributed by atoms with Gasteiger partial charge in [0.2, 0.25) is 0 Å². The van der Waals surface area contributed by atoms with Crippen molar-refractivity contribution in [3.05, 3.63) is 46.9 Å². The normalized spacial score (nSPS) is 14.3. The van der Waals surface area contributed by atoms with E-state index < -0.39 is 0 Å². The number of halogens is 1. The third-order valence-electron chi connectivity index (χ3n) is 4.39. The number of aromatic nitrogens is 2. The van der Waals surface area contributed by atoms with Crippen LogP contribution in [0.15, 0.2) is 46.9 Å². The minimum Gasteiger partial charge on any atom is -0.496 e. The highest BCUT2D eigenvalue weighted by Gasteiger charge is 2.20. The maximum atomic E-state index is 5.50. The maximum Gasteiger partial charge on any atom is 0.165 e. The molecule has 3 aromatic rings. The molecule has 1 aromatic heterocycles. The van der Waals surface area contributed by atoms with Crippen LogP contribution < -0.4 is 9.64 Å². The number of para-hydroxylation sites is 1. The predicted molar refractivity (Wildman–Crippen MR) is 101 cm³/mol. The van der Waals surface area contributed by atoms with Crippen molar-refractivity contribution in [3.63, 3.8) is 0 Å². The molecule has 1 fully saturated rings. The Kier molecular flexibility index (Phi) is 4.10. The first-order valence-corrected chi connectivity index (χ1v) is 8.91. The van der Waals surface area contributed by atoms with Gasteiger partial charge in [-0.25, -0.2) is 9.97 Å². The highest BCUT2D eigenvalue weighted by atomic mass is 79.9. The lowest BCUT2D eigenvalue weighted by atomic mass is 10.1. The lowest BCUT2D eigenvalue weighted by Gasteiger charge is -2.20. The van der Waals surface area contributed by atoms with Gasteiger partial charge in [-0.05, 0) is 43.2 Å². The Labute approximate surface area is 149 Å². The molecule has 0 atom stereocenters. The number of hydrogen-bond donors (Lipinski definition) is 0. The van der Waals surface area contributed by atoms with E-state index in [1.165, 1.54) is 12.8 Å². The first-order chi connectivity index (χ1) is 11.8. The number of methoxy groups -OCH3 is 1. The van der Waals surface area contributed by atoms with Gasteiger partial charge < -0.3 is 9.64 Å². The second kappa shape index (κ2) is 6.40.